The van der Waals surface area contributed by atoms with Gasteiger partial charge in [-0.1, -0.05) is 0 Å². The zero-order valence-electron chi connectivity index (χ0n) is 11.0. The molecule has 9 heteroatoms. The van der Waals surface area contributed by atoms with E-state index in [9.17, 15) is 8.42 Å². The van der Waals surface area contributed by atoms with E-state index in [2.05, 4.69) is 14.9 Å². The van der Waals surface area contributed by atoms with E-state index < -0.39 is 10.0 Å². The van der Waals surface area contributed by atoms with Crippen LogP contribution in [0, 0.1) is 6.92 Å². The number of aryl methyl sites for hydroxylation is 3. The Morgan fingerprint density at radius 2 is 2.11 bits per heavy atom. The van der Waals surface area contributed by atoms with Gasteiger partial charge in [0.2, 0.25) is 0 Å². The van der Waals surface area contributed by atoms with Crippen molar-refractivity contribution in [3.63, 3.8) is 0 Å². The molecular formula is C10H16N6O2S. The highest BCUT2D eigenvalue weighted by Crippen LogP contribution is 2.20. The summed E-state index contributed by atoms with van der Waals surface area (Å²) in [5, 5.41) is 7.99. The van der Waals surface area contributed by atoms with Crippen LogP contribution in [0.1, 0.15) is 12.6 Å². The molecule has 8 nitrogen and oxygen atoms in total. The normalized spacial score (nSPS) is 11.7. The highest BCUT2D eigenvalue weighted by molar-refractivity contribution is 7.92. The fraction of sp³-hybridized carbons (Fsp3) is 0.400. The molecule has 0 unspecified atom stereocenters. The SMILES string of the molecule is CCn1cc(S(=O)(=O)Nc2cc(C)nn2C)c(N)n1. The van der Waals surface area contributed by atoms with Crippen LogP contribution in [0.3, 0.4) is 0 Å². The van der Waals surface area contributed by atoms with Crippen molar-refractivity contribution in [1.82, 2.24) is 19.6 Å². The van der Waals surface area contributed by atoms with E-state index in [0.717, 1.165) is 5.69 Å². The summed E-state index contributed by atoms with van der Waals surface area (Å²) in [5.74, 6) is 0.356. The van der Waals surface area contributed by atoms with Crippen LogP contribution in [0.15, 0.2) is 17.2 Å². The van der Waals surface area contributed by atoms with E-state index in [1.54, 1.807) is 20.0 Å². The van der Waals surface area contributed by atoms with Crippen molar-refractivity contribution in [3.8, 4) is 0 Å². The molecule has 0 aliphatic rings. The van der Waals surface area contributed by atoms with Gasteiger partial charge in [0.25, 0.3) is 10.0 Å². The average Bonchev–Trinajstić information content (AvgIpc) is 2.82. The Morgan fingerprint density at radius 3 is 2.58 bits per heavy atom. The largest absolute Gasteiger partial charge is 0.381 e. The second-order valence-electron chi connectivity index (χ2n) is 4.13. The van der Waals surface area contributed by atoms with E-state index in [4.69, 9.17) is 5.73 Å². The third-order valence-corrected chi connectivity index (χ3v) is 3.98. The van der Waals surface area contributed by atoms with E-state index in [-0.39, 0.29) is 10.7 Å². The predicted octanol–water partition coefficient (Wildman–Crippen LogP) is 0.328. The molecule has 0 aromatic carbocycles. The maximum Gasteiger partial charge on any atom is 0.268 e. The van der Waals surface area contributed by atoms with Gasteiger partial charge < -0.3 is 5.73 Å². The zero-order valence-corrected chi connectivity index (χ0v) is 11.8. The van der Waals surface area contributed by atoms with Gasteiger partial charge in [0.05, 0.1) is 5.69 Å². The number of rotatable bonds is 4. The summed E-state index contributed by atoms with van der Waals surface area (Å²) in [7, 11) is -2.11. The molecule has 0 saturated heterocycles. The number of nitrogen functional groups attached to an aromatic ring is 1. The summed E-state index contributed by atoms with van der Waals surface area (Å²) in [6, 6.07) is 1.64. The number of nitrogens with two attached hydrogens (primary N) is 1. The van der Waals surface area contributed by atoms with Gasteiger partial charge in [-0.25, -0.2) is 8.42 Å². The number of aromatic nitrogens is 4. The van der Waals surface area contributed by atoms with E-state index in [1.165, 1.54) is 15.6 Å². The number of hydrogen-bond donors (Lipinski definition) is 2. The lowest BCUT2D eigenvalue weighted by Crippen LogP contribution is -2.16. The third kappa shape index (κ3) is 2.55. The second-order valence-corrected chi connectivity index (χ2v) is 5.79. The molecule has 19 heavy (non-hydrogen) atoms. The Kier molecular flexibility index (Phi) is 3.23. The minimum atomic E-state index is -3.76. The summed E-state index contributed by atoms with van der Waals surface area (Å²) in [6.07, 6.45) is 1.40. The first-order chi connectivity index (χ1) is 8.83. The quantitative estimate of drug-likeness (QED) is 0.841. The Bertz CT molecular complexity index is 700. The molecule has 0 radical (unpaired) electrons. The lowest BCUT2D eigenvalue weighted by atomic mass is 10.5. The molecule has 0 bridgehead atoms. The van der Waals surface area contributed by atoms with Gasteiger partial charge in [-0.15, -0.1) is 0 Å². The van der Waals surface area contributed by atoms with Gasteiger partial charge in [-0.05, 0) is 13.8 Å². The molecule has 2 rings (SSSR count). The van der Waals surface area contributed by atoms with Crippen LogP contribution in [0.25, 0.3) is 0 Å². The van der Waals surface area contributed by atoms with Crippen LogP contribution in [-0.2, 0) is 23.6 Å². The fourth-order valence-electron chi connectivity index (χ4n) is 1.69. The first kappa shape index (κ1) is 13.4. The molecule has 0 spiro atoms. The first-order valence-electron chi connectivity index (χ1n) is 5.70. The van der Waals surface area contributed by atoms with Crippen LogP contribution in [0.4, 0.5) is 11.6 Å². The molecular weight excluding hydrogens is 268 g/mol. The number of nitrogens with one attached hydrogen (secondary N) is 1. The molecule has 0 amide bonds. The third-order valence-electron chi connectivity index (χ3n) is 2.61. The second kappa shape index (κ2) is 4.57. The minimum absolute atomic E-state index is 0.0201. The number of nitrogens with zero attached hydrogens (tertiary/aromatic N) is 4. The lowest BCUT2D eigenvalue weighted by Gasteiger charge is -2.06. The summed E-state index contributed by atoms with van der Waals surface area (Å²) in [4.78, 5) is -0.0341. The average molecular weight is 284 g/mol. The summed E-state index contributed by atoms with van der Waals surface area (Å²) < 4.78 is 29.8. The van der Waals surface area contributed by atoms with Crippen molar-refractivity contribution in [1.29, 1.82) is 0 Å². The molecule has 0 aliphatic heterocycles. The summed E-state index contributed by atoms with van der Waals surface area (Å²) >= 11 is 0. The molecule has 2 aromatic heterocycles. The van der Waals surface area contributed by atoms with E-state index >= 15 is 0 Å². The summed E-state index contributed by atoms with van der Waals surface area (Å²) in [5.41, 5.74) is 6.35. The predicted molar refractivity (Wildman–Crippen MR) is 71.1 cm³/mol. The topological polar surface area (TPSA) is 108 Å². The van der Waals surface area contributed by atoms with Gasteiger partial charge >= 0.3 is 0 Å². The Balaban J connectivity index is 2.37. The molecule has 0 saturated carbocycles. The minimum Gasteiger partial charge on any atom is -0.381 e. The van der Waals surface area contributed by atoms with Crippen molar-refractivity contribution in [2.75, 3.05) is 10.5 Å². The monoisotopic (exact) mass is 284 g/mol. The van der Waals surface area contributed by atoms with Crippen LogP contribution in [0.5, 0.6) is 0 Å². The Morgan fingerprint density at radius 1 is 1.42 bits per heavy atom. The molecule has 2 heterocycles. The molecule has 104 valence electrons. The maximum atomic E-state index is 12.2. The fourth-order valence-corrected chi connectivity index (χ4v) is 2.84. The number of hydrogen-bond acceptors (Lipinski definition) is 5. The zero-order chi connectivity index (χ0) is 14.2. The molecule has 0 aliphatic carbocycles. The van der Waals surface area contributed by atoms with Crippen molar-refractivity contribution in [3.05, 3.63) is 18.0 Å². The highest BCUT2D eigenvalue weighted by atomic mass is 32.2. The first-order valence-corrected chi connectivity index (χ1v) is 7.18. The van der Waals surface area contributed by atoms with Crippen LogP contribution < -0.4 is 10.5 Å². The van der Waals surface area contributed by atoms with Crippen molar-refractivity contribution < 1.29 is 8.42 Å². The van der Waals surface area contributed by atoms with Gasteiger partial charge in [0.1, 0.15) is 10.7 Å². The highest BCUT2D eigenvalue weighted by Gasteiger charge is 2.22. The molecule has 3 N–H and O–H groups in total. The molecule has 0 fully saturated rings. The lowest BCUT2D eigenvalue weighted by molar-refractivity contribution is 0.599. The molecule has 0 atom stereocenters. The van der Waals surface area contributed by atoms with Crippen LogP contribution in [-0.4, -0.2) is 28.0 Å². The van der Waals surface area contributed by atoms with E-state index in [0.29, 0.717) is 12.4 Å². The maximum absolute atomic E-state index is 12.2. The van der Waals surface area contributed by atoms with Crippen LogP contribution in [0.2, 0.25) is 0 Å². The smallest absolute Gasteiger partial charge is 0.268 e. The number of sulfonamides is 1. The van der Waals surface area contributed by atoms with Crippen LogP contribution >= 0.6 is 0 Å². The Labute approximate surface area is 111 Å². The van der Waals surface area contributed by atoms with Crippen molar-refractivity contribution >= 4 is 21.7 Å². The summed E-state index contributed by atoms with van der Waals surface area (Å²) in [6.45, 7) is 4.17. The standard InChI is InChI=1S/C10H16N6O2S/c1-4-16-6-8(10(11)13-16)19(17,18)14-9-5-7(2)12-15(9)3/h5-6,14H,4H2,1-3H3,(H2,11,13). The van der Waals surface area contributed by atoms with Gasteiger partial charge in [0.15, 0.2) is 5.82 Å². The van der Waals surface area contributed by atoms with Gasteiger partial charge in [-0.2, -0.15) is 10.2 Å². The van der Waals surface area contributed by atoms with Crippen molar-refractivity contribution in [2.24, 2.45) is 7.05 Å². The number of anilines is 2. The Hall–Kier alpha value is -2.03. The van der Waals surface area contributed by atoms with Crippen molar-refractivity contribution in [2.45, 2.75) is 25.3 Å². The van der Waals surface area contributed by atoms with Gasteiger partial charge in [-0.3, -0.25) is 14.1 Å². The van der Waals surface area contributed by atoms with E-state index in [1.807, 2.05) is 6.92 Å². The van der Waals surface area contributed by atoms with Gasteiger partial charge in [0, 0.05) is 25.9 Å². The molecule has 2 aromatic rings.